The van der Waals surface area contributed by atoms with Crippen molar-refractivity contribution in [1.29, 1.82) is 0 Å². The molecule has 2 rings (SSSR count). The molecular weight excluding hydrogens is 350 g/mol. The molecule has 1 atom stereocenters. The molecule has 2 N–H and O–H groups in total. The third-order valence-corrected chi connectivity index (χ3v) is 3.87. The van der Waals surface area contributed by atoms with Crippen LogP contribution in [0.25, 0.3) is 0 Å². The number of likely N-dealkylation sites (tertiary alicyclic amines) is 1. The number of carboxylic acids is 1. The van der Waals surface area contributed by atoms with Crippen LogP contribution in [0.2, 0.25) is 0 Å². The summed E-state index contributed by atoms with van der Waals surface area (Å²) in [5.41, 5.74) is -2.64. The molecule has 0 spiro atoms. The Labute approximate surface area is 148 Å². The van der Waals surface area contributed by atoms with Crippen LogP contribution < -0.4 is 5.32 Å². The zero-order chi connectivity index (χ0) is 19.7. The molecule has 1 aliphatic heterocycles. The third kappa shape index (κ3) is 4.27. The second-order valence-corrected chi connectivity index (χ2v) is 7.12. The Bertz CT molecular complexity index is 747. The third-order valence-electron chi connectivity index (χ3n) is 3.87. The second kappa shape index (κ2) is 6.89. The quantitative estimate of drug-likeness (QED) is 0.850. The van der Waals surface area contributed by atoms with Crippen LogP contribution in [0.15, 0.2) is 18.2 Å². The first-order chi connectivity index (χ1) is 11.9. The number of amides is 2. The number of benzene rings is 1. The molecular formula is C17H20F2N2O5. The van der Waals surface area contributed by atoms with E-state index in [1.165, 1.54) is 0 Å². The summed E-state index contributed by atoms with van der Waals surface area (Å²) in [6.45, 7) is 4.61. The summed E-state index contributed by atoms with van der Waals surface area (Å²) in [6.07, 6.45) is -0.959. The summed E-state index contributed by atoms with van der Waals surface area (Å²) in [4.78, 5) is 37.3. The van der Waals surface area contributed by atoms with Crippen LogP contribution in [0.4, 0.5) is 13.6 Å². The number of nitrogens with zero attached hydrogens (tertiary/aromatic N) is 1. The van der Waals surface area contributed by atoms with Gasteiger partial charge in [-0.3, -0.25) is 4.79 Å². The predicted octanol–water partition coefficient (Wildman–Crippen LogP) is 2.16. The molecule has 0 saturated carbocycles. The molecule has 1 heterocycles. The van der Waals surface area contributed by atoms with Gasteiger partial charge in [0.1, 0.15) is 5.60 Å². The predicted molar refractivity (Wildman–Crippen MR) is 86.6 cm³/mol. The van der Waals surface area contributed by atoms with Crippen molar-refractivity contribution in [2.45, 2.75) is 38.3 Å². The van der Waals surface area contributed by atoms with E-state index in [1.54, 1.807) is 20.8 Å². The first-order valence-corrected chi connectivity index (χ1v) is 7.92. The first-order valence-electron chi connectivity index (χ1n) is 7.92. The number of carbonyl (C=O) groups is 3. The van der Waals surface area contributed by atoms with Crippen LogP contribution in [0.1, 0.15) is 37.6 Å². The fourth-order valence-electron chi connectivity index (χ4n) is 2.62. The summed E-state index contributed by atoms with van der Waals surface area (Å²) in [5.74, 6) is -4.23. The molecule has 142 valence electrons. The van der Waals surface area contributed by atoms with Crippen LogP contribution in [0.3, 0.4) is 0 Å². The SMILES string of the molecule is CC(C)(C)OC(=O)NC1(C(=O)O)CCN(C(=O)c2ccc(F)c(F)c2)C1. The number of ether oxygens (including phenoxy) is 1. The molecule has 9 heteroatoms. The molecule has 0 aliphatic carbocycles. The highest BCUT2D eigenvalue weighted by atomic mass is 19.2. The van der Waals surface area contributed by atoms with Gasteiger partial charge in [-0.2, -0.15) is 0 Å². The number of nitrogens with one attached hydrogen (secondary N) is 1. The van der Waals surface area contributed by atoms with Crippen molar-refractivity contribution < 1.29 is 33.0 Å². The average molecular weight is 370 g/mol. The zero-order valence-electron chi connectivity index (χ0n) is 14.6. The van der Waals surface area contributed by atoms with Crippen molar-refractivity contribution in [3.05, 3.63) is 35.4 Å². The fourth-order valence-corrected chi connectivity index (χ4v) is 2.62. The van der Waals surface area contributed by atoms with Crippen LogP contribution in [-0.4, -0.2) is 52.2 Å². The Morgan fingerprint density at radius 3 is 2.42 bits per heavy atom. The highest BCUT2D eigenvalue weighted by molar-refractivity contribution is 5.96. The van der Waals surface area contributed by atoms with Gasteiger partial charge >= 0.3 is 12.1 Å². The molecule has 7 nitrogen and oxygen atoms in total. The standard InChI is InChI=1S/C17H20F2N2O5/c1-16(2,3)26-15(25)20-17(14(23)24)6-7-21(9-17)13(22)10-4-5-11(18)12(19)8-10/h4-5,8H,6-7,9H2,1-3H3,(H,20,25)(H,23,24). The highest BCUT2D eigenvalue weighted by Crippen LogP contribution is 2.25. The molecule has 1 saturated heterocycles. The van der Waals surface area contributed by atoms with Crippen molar-refractivity contribution in [1.82, 2.24) is 10.2 Å². The van der Waals surface area contributed by atoms with Gasteiger partial charge in [-0.1, -0.05) is 0 Å². The maximum Gasteiger partial charge on any atom is 0.408 e. The minimum Gasteiger partial charge on any atom is -0.479 e. The monoisotopic (exact) mass is 370 g/mol. The van der Waals surface area contributed by atoms with Gasteiger partial charge in [0.15, 0.2) is 17.2 Å². The van der Waals surface area contributed by atoms with E-state index >= 15 is 0 Å². The van der Waals surface area contributed by atoms with Crippen molar-refractivity contribution in [3.8, 4) is 0 Å². The van der Waals surface area contributed by atoms with Crippen molar-refractivity contribution in [2.24, 2.45) is 0 Å². The number of halogens is 2. The number of carbonyl (C=O) groups excluding carboxylic acids is 2. The van der Waals surface area contributed by atoms with Gasteiger partial charge in [0, 0.05) is 18.5 Å². The van der Waals surface area contributed by atoms with Crippen molar-refractivity contribution in [2.75, 3.05) is 13.1 Å². The maximum atomic E-state index is 13.3. The fraction of sp³-hybridized carbons (Fsp3) is 0.471. The molecule has 1 fully saturated rings. The molecule has 1 aromatic rings. The molecule has 2 amide bonds. The van der Waals surface area contributed by atoms with E-state index in [0.717, 1.165) is 23.1 Å². The zero-order valence-corrected chi connectivity index (χ0v) is 14.6. The number of aliphatic carboxylic acids is 1. The van der Waals surface area contributed by atoms with E-state index in [4.69, 9.17) is 4.74 Å². The largest absolute Gasteiger partial charge is 0.479 e. The Balaban J connectivity index is 2.15. The number of hydrogen-bond donors (Lipinski definition) is 2. The number of alkyl carbamates (subject to hydrolysis) is 1. The number of rotatable bonds is 3. The van der Waals surface area contributed by atoms with Gasteiger partial charge in [-0.25, -0.2) is 18.4 Å². The molecule has 1 unspecified atom stereocenters. The van der Waals surface area contributed by atoms with E-state index in [0.29, 0.717) is 0 Å². The Kier molecular flexibility index (Phi) is 5.20. The van der Waals surface area contributed by atoms with E-state index in [-0.39, 0.29) is 25.1 Å². The maximum absolute atomic E-state index is 13.3. The van der Waals surface area contributed by atoms with Crippen LogP contribution in [-0.2, 0) is 9.53 Å². The topological polar surface area (TPSA) is 95.9 Å². The minimum absolute atomic E-state index is 0.0277. The van der Waals surface area contributed by atoms with Crippen LogP contribution in [0, 0.1) is 11.6 Å². The molecule has 0 bridgehead atoms. The molecule has 26 heavy (non-hydrogen) atoms. The van der Waals surface area contributed by atoms with Gasteiger partial charge < -0.3 is 20.1 Å². The lowest BCUT2D eigenvalue weighted by Gasteiger charge is -2.28. The van der Waals surface area contributed by atoms with Crippen LogP contribution in [0.5, 0.6) is 0 Å². The lowest BCUT2D eigenvalue weighted by atomic mass is 9.99. The molecule has 0 aromatic heterocycles. The number of hydrogen-bond acceptors (Lipinski definition) is 4. The van der Waals surface area contributed by atoms with Gasteiger partial charge in [0.05, 0.1) is 6.54 Å². The van der Waals surface area contributed by atoms with Gasteiger partial charge in [0.2, 0.25) is 0 Å². The van der Waals surface area contributed by atoms with E-state index in [2.05, 4.69) is 5.32 Å². The lowest BCUT2D eigenvalue weighted by molar-refractivity contribution is -0.144. The summed E-state index contributed by atoms with van der Waals surface area (Å²) in [5, 5.41) is 11.9. The Hall–Kier alpha value is -2.71. The lowest BCUT2D eigenvalue weighted by Crippen LogP contribution is -2.57. The normalized spacial score (nSPS) is 20.0. The van der Waals surface area contributed by atoms with Crippen LogP contribution >= 0.6 is 0 Å². The molecule has 0 radical (unpaired) electrons. The van der Waals surface area contributed by atoms with Gasteiger partial charge in [-0.05, 0) is 39.0 Å². The first kappa shape index (κ1) is 19.6. The van der Waals surface area contributed by atoms with Crippen molar-refractivity contribution in [3.63, 3.8) is 0 Å². The van der Waals surface area contributed by atoms with E-state index < -0.39 is 40.7 Å². The van der Waals surface area contributed by atoms with Gasteiger partial charge in [-0.15, -0.1) is 0 Å². The minimum atomic E-state index is -1.71. The Morgan fingerprint density at radius 2 is 1.88 bits per heavy atom. The van der Waals surface area contributed by atoms with E-state index in [9.17, 15) is 28.3 Å². The summed E-state index contributed by atoms with van der Waals surface area (Å²) in [6, 6.07) is 2.69. The van der Waals surface area contributed by atoms with Gasteiger partial charge in [0.25, 0.3) is 5.91 Å². The molecule has 1 aliphatic rings. The Morgan fingerprint density at radius 1 is 1.23 bits per heavy atom. The highest BCUT2D eigenvalue weighted by Gasteiger charge is 2.48. The summed E-state index contributed by atoms with van der Waals surface area (Å²) >= 11 is 0. The van der Waals surface area contributed by atoms with Crippen molar-refractivity contribution >= 4 is 18.0 Å². The average Bonchev–Trinajstić information content (AvgIpc) is 2.92. The smallest absolute Gasteiger partial charge is 0.408 e. The summed E-state index contributed by atoms with van der Waals surface area (Å²) in [7, 11) is 0. The van der Waals surface area contributed by atoms with E-state index in [1.807, 2.05) is 0 Å². The molecule has 1 aromatic carbocycles. The summed E-state index contributed by atoms with van der Waals surface area (Å²) < 4.78 is 31.4. The second-order valence-electron chi connectivity index (χ2n) is 7.12. The number of carboxylic acid groups (broad SMARTS) is 1.